The van der Waals surface area contributed by atoms with Gasteiger partial charge < -0.3 is 5.11 Å². The molecule has 2 rings (SSSR count). The first-order chi connectivity index (χ1) is 10.2. The van der Waals surface area contributed by atoms with Crippen molar-refractivity contribution in [3.8, 4) is 0 Å². The van der Waals surface area contributed by atoms with Crippen LogP contribution in [0.4, 0.5) is 0 Å². The van der Waals surface area contributed by atoms with Gasteiger partial charge in [-0.2, -0.15) is 0 Å². The normalized spacial score (nSPS) is 14.2. The number of nitrogens with one attached hydrogen (secondary N) is 1. The molecule has 5 nitrogen and oxygen atoms in total. The number of benzene rings is 1. The third-order valence-corrected chi connectivity index (χ3v) is 4.98. The summed E-state index contributed by atoms with van der Waals surface area (Å²) in [5.41, 5.74) is -0.326. The van der Waals surface area contributed by atoms with Gasteiger partial charge in [-0.3, -0.25) is 4.98 Å². The van der Waals surface area contributed by atoms with E-state index < -0.39 is 16.1 Å². The lowest BCUT2D eigenvalue weighted by Gasteiger charge is -2.26. The number of aromatic nitrogens is 1. The van der Waals surface area contributed by atoms with Crippen LogP contribution in [-0.2, 0) is 10.0 Å². The number of hydrogen-bond donors (Lipinski definition) is 2. The van der Waals surface area contributed by atoms with Gasteiger partial charge in [0.15, 0.2) is 0 Å². The summed E-state index contributed by atoms with van der Waals surface area (Å²) in [5, 5.41) is 10.9. The zero-order valence-corrected chi connectivity index (χ0v) is 13.9. The first kappa shape index (κ1) is 16.9. The minimum Gasteiger partial charge on any atom is -0.393 e. The van der Waals surface area contributed by atoms with E-state index in [1.54, 1.807) is 37.5 Å². The topological polar surface area (TPSA) is 79.3 Å². The Balaban J connectivity index is 2.27. The molecule has 22 heavy (non-hydrogen) atoms. The van der Waals surface area contributed by atoms with Crippen LogP contribution in [0.1, 0.15) is 27.2 Å². The number of aliphatic hydroxyl groups is 1. The highest BCUT2D eigenvalue weighted by atomic mass is 32.2. The zero-order valence-electron chi connectivity index (χ0n) is 13.1. The van der Waals surface area contributed by atoms with E-state index >= 15 is 0 Å². The van der Waals surface area contributed by atoms with Crippen LogP contribution in [0, 0.1) is 5.41 Å². The van der Waals surface area contributed by atoms with Gasteiger partial charge >= 0.3 is 0 Å². The Bertz CT molecular complexity index is 750. The van der Waals surface area contributed by atoms with Crippen LogP contribution in [0.15, 0.2) is 41.6 Å². The fourth-order valence-electron chi connectivity index (χ4n) is 2.57. The van der Waals surface area contributed by atoms with E-state index in [9.17, 15) is 13.5 Å². The number of pyridine rings is 1. The first-order valence-electron chi connectivity index (χ1n) is 7.22. The molecule has 0 aliphatic heterocycles. The highest BCUT2D eigenvalue weighted by molar-refractivity contribution is 7.89. The Morgan fingerprint density at radius 1 is 1.32 bits per heavy atom. The smallest absolute Gasteiger partial charge is 0.241 e. The molecule has 1 heterocycles. The summed E-state index contributed by atoms with van der Waals surface area (Å²) in [6, 6.07) is 6.83. The molecule has 1 aromatic carbocycles. The molecule has 120 valence electrons. The molecular formula is C16H22N2O3S. The molecule has 0 saturated carbocycles. The molecule has 0 aliphatic carbocycles. The van der Waals surface area contributed by atoms with Crippen molar-refractivity contribution in [1.82, 2.24) is 9.71 Å². The molecule has 0 aliphatic rings. The molecule has 1 unspecified atom stereocenters. The molecule has 0 fully saturated rings. The number of sulfonamides is 1. The first-order valence-corrected chi connectivity index (χ1v) is 8.70. The second-order valence-electron chi connectivity index (χ2n) is 6.39. The van der Waals surface area contributed by atoms with E-state index in [0.29, 0.717) is 11.8 Å². The van der Waals surface area contributed by atoms with Gasteiger partial charge in [0.2, 0.25) is 10.0 Å². The highest BCUT2D eigenvalue weighted by Gasteiger charge is 2.24. The number of aliphatic hydroxyl groups excluding tert-OH is 1. The fourth-order valence-corrected chi connectivity index (χ4v) is 4.04. The predicted octanol–water partition coefficient (Wildman–Crippen LogP) is 2.31. The average Bonchev–Trinajstić information content (AvgIpc) is 2.43. The summed E-state index contributed by atoms with van der Waals surface area (Å²) in [4.78, 5) is 4.26. The minimum absolute atomic E-state index is 0.250. The number of fused-ring (bicyclic) bond motifs is 1. The van der Waals surface area contributed by atoms with Gasteiger partial charge in [0, 0.05) is 29.7 Å². The number of hydrogen-bond acceptors (Lipinski definition) is 4. The molecule has 1 aromatic heterocycles. The van der Waals surface area contributed by atoms with Crippen LogP contribution in [-0.4, -0.2) is 31.2 Å². The molecule has 2 aromatic rings. The summed E-state index contributed by atoms with van der Waals surface area (Å²) < 4.78 is 27.8. The molecule has 0 radical (unpaired) electrons. The molecule has 0 saturated heterocycles. The second kappa shape index (κ2) is 6.32. The Morgan fingerprint density at radius 2 is 2.05 bits per heavy atom. The van der Waals surface area contributed by atoms with E-state index in [0.717, 1.165) is 5.39 Å². The van der Waals surface area contributed by atoms with Crippen LogP contribution in [0.25, 0.3) is 10.8 Å². The minimum atomic E-state index is -3.62. The zero-order chi connectivity index (χ0) is 16.4. The van der Waals surface area contributed by atoms with Crippen molar-refractivity contribution in [3.63, 3.8) is 0 Å². The summed E-state index contributed by atoms with van der Waals surface area (Å²) in [7, 11) is -3.62. The van der Waals surface area contributed by atoms with Gasteiger partial charge in [-0.05, 0) is 30.9 Å². The summed E-state index contributed by atoms with van der Waals surface area (Å²) in [5.74, 6) is 0. The maximum absolute atomic E-state index is 12.6. The van der Waals surface area contributed by atoms with Gasteiger partial charge in [-0.15, -0.1) is 0 Å². The Kier molecular flexibility index (Phi) is 4.84. The van der Waals surface area contributed by atoms with Crippen molar-refractivity contribution in [2.45, 2.75) is 38.2 Å². The van der Waals surface area contributed by atoms with E-state index in [1.807, 2.05) is 19.9 Å². The van der Waals surface area contributed by atoms with Gasteiger partial charge in [0.25, 0.3) is 0 Å². The van der Waals surface area contributed by atoms with E-state index in [-0.39, 0.29) is 16.9 Å². The maximum Gasteiger partial charge on any atom is 0.241 e. The van der Waals surface area contributed by atoms with E-state index in [2.05, 4.69) is 9.71 Å². The SMILES string of the molecule is CC(O)CC(C)(C)CNS(=O)(=O)c1cccc2cnccc12. The van der Waals surface area contributed by atoms with Crippen LogP contribution >= 0.6 is 0 Å². The van der Waals surface area contributed by atoms with E-state index in [1.165, 1.54) is 0 Å². The Labute approximate surface area is 131 Å². The molecule has 6 heteroatoms. The lowest BCUT2D eigenvalue weighted by Crippen LogP contribution is -2.35. The van der Waals surface area contributed by atoms with Crippen molar-refractivity contribution in [1.29, 1.82) is 0 Å². The van der Waals surface area contributed by atoms with Crippen molar-refractivity contribution in [2.75, 3.05) is 6.54 Å². The lowest BCUT2D eigenvalue weighted by molar-refractivity contribution is 0.131. The third-order valence-electron chi connectivity index (χ3n) is 3.52. The largest absolute Gasteiger partial charge is 0.393 e. The Morgan fingerprint density at radius 3 is 2.73 bits per heavy atom. The molecular weight excluding hydrogens is 300 g/mol. The summed E-state index contributed by atoms with van der Waals surface area (Å²) >= 11 is 0. The maximum atomic E-state index is 12.6. The molecule has 1 atom stereocenters. The fraction of sp³-hybridized carbons (Fsp3) is 0.438. The van der Waals surface area contributed by atoms with Crippen molar-refractivity contribution < 1.29 is 13.5 Å². The number of nitrogens with zero attached hydrogens (tertiary/aromatic N) is 1. The summed E-state index contributed by atoms with van der Waals surface area (Å²) in [6.45, 7) is 5.82. The molecule has 0 spiro atoms. The van der Waals surface area contributed by atoms with Crippen LogP contribution in [0.2, 0.25) is 0 Å². The monoisotopic (exact) mass is 322 g/mol. The van der Waals surface area contributed by atoms with Crippen LogP contribution in [0.3, 0.4) is 0 Å². The van der Waals surface area contributed by atoms with E-state index in [4.69, 9.17) is 0 Å². The molecule has 2 N–H and O–H groups in total. The standard InChI is InChI=1S/C16H22N2O3S/c1-12(19)9-16(2,3)11-18-22(20,21)15-6-4-5-13-10-17-8-7-14(13)15/h4-8,10,12,18-19H,9,11H2,1-3H3. The second-order valence-corrected chi connectivity index (χ2v) is 8.13. The molecule has 0 bridgehead atoms. The van der Waals surface area contributed by atoms with Crippen molar-refractivity contribution >= 4 is 20.8 Å². The number of rotatable bonds is 6. The van der Waals surface area contributed by atoms with Gasteiger partial charge in [0.1, 0.15) is 0 Å². The van der Waals surface area contributed by atoms with Crippen molar-refractivity contribution in [3.05, 3.63) is 36.7 Å². The third kappa shape index (κ3) is 4.03. The average molecular weight is 322 g/mol. The lowest BCUT2D eigenvalue weighted by atomic mass is 9.87. The Hall–Kier alpha value is -1.50. The summed E-state index contributed by atoms with van der Waals surface area (Å²) in [6.07, 6.45) is 3.28. The van der Waals surface area contributed by atoms with Crippen LogP contribution in [0.5, 0.6) is 0 Å². The predicted molar refractivity (Wildman–Crippen MR) is 87.0 cm³/mol. The van der Waals surface area contributed by atoms with Crippen molar-refractivity contribution in [2.24, 2.45) is 5.41 Å². The van der Waals surface area contributed by atoms with Gasteiger partial charge in [0.05, 0.1) is 11.0 Å². The van der Waals surface area contributed by atoms with Gasteiger partial charge in [-0.25, -0.2) is 13.1 Å². The molecule has 0 amide bonds. The van der Waals surface area contributed by atoms with Crippen LogP contribution < -0.4 is 4.72 Å². The highest BCUT2D eigenvalue weighted by Crippen LogP contribution is 2.25. The van der Waals surface area contributed by atoms with Gasteiger partial charge in [-0.1, -0.05) is 26.0 Å². The quantitative estimate of drug-likeness (QED) is 0.855.